The van der Waals surface area contributed by atoms with Gasteiger partial charge in [0.15, 0.2) is 0 Å². The molecule has 1 N–H and O–H groups in total. The van der Waals surface area contributed by atoms with Gasteiger partial charge in [-0.15, -0.1) is 0 Å². The molecule has 0 unspecified atom stereocenters. The standard InChI is InChI=1S/C19H26N4O/c1-2-21-18(24)23-15-19(16-7-3-4-8-17(16)23)9-13-22(14-10-19)12-6-5-11-20/h3-4,7-8H,2,5-6,9-10,12-15H2,1H3,(H,21,24). The normalized spacial score (nSPS) is 19.1. The monoisotopic (exact) mass is 326 g/mol. The van der Waals surface area contributed by atoms with Crippen LogP contribution in [0, 0.1) is 11.3 Å². The molecule has 128 valence electrons. The maximum Gasteiger partial charge on any atom is 0.321 e. The van der Waals surface area contributed by atoms with Crippen LogP contribution < -0.4 is 10.2 Å². The number of hydrogen-bond donors (Lipinski definition) is 1. The fourth-order valence-electron chi connectivity index (χ4n) is 4.07. The number of fused-ring (bicyclic) bond motifs is 2. The van der Waals surface area contributed by atoms with Crippen molar-refractivity contribution in [1.29, 1.82) is 5.26 Å². The summed E-state index contributed by atoms with van der Waals surface area (Å²) in [4.78, 5) is 16.8. The third-order valence-corrected chi connectivity index (χ3v) is 5.38. The molecule has 1 aromatic carbocycles. The molecule has 1 saturated heterocycles. The Hall–Kier alpha value is -2.06. The minimum Gasteiger partial charge on any atom is -0.338 e. The first-order valence-electron chi connectivity index (χ1n) is 8.94. The molecule has 0 bridgehead atoms. The first kappa shape index (κ1) is 16.8. The van der Waals surface area contributed by atoms with E-state index >= 15 is 0 Å². The lowest BCUT2D eigenvalue weighted by Gasteiger charge is -2.39. The van der Waals surface area contributed by atoms with Gasteiger partial charge in [-0.25, -0.2) is 4.79 Å². The van der Waals surface area contributed by atoms with Gasteiger partial charge in [-0.05, 0) is 57.5 Å². The number of hydrogen-bond acceptors (Lipinski definition) is 3. The SMILES string of the molecule is CCNC(=O)N1CC2(CCN(CCCC#N)CC2)c2ccccc21. The van der Waals surface area contributed by atoms with Crippen molar-refractivity contribution in [2.45, 2.75) is 38.0 Å². The fourth-order valence-corrected chi connectivity index (χ4v) is 4.07. The van der Waals surface area contributed by atoms with E-state index in [2.05, 4.69) is 34.5 Å². The number of likely N-dealkylation sites (tertiary alicyclic amines) is 1. The van der Waals surface area contributed by atoms with Crippen molar-refractivity contribution in [1.82, 2.24) is 10.2 Å². The Labute approximate surface area is 144 Å². The third-order valence-electron chi connectivity index (χ3n) is 5.38. The highest BCUT2D eigenvalue weighted by atomic mass is 16.2. The number of nitriles is 1. The summed E-state index contributed by atoms with van der Waals surface area (Å²) >= 11 is 0. The van der Waals surface area contributed by atoms with Crippen LogP contribution in [0.3, 0.4) is 0 Å². The summed E-state index contributed by atoms with van der Waals surface area (Å²) in [5, 5.41) is 11.6. The van der Waals surface area contributed by atoms with Gasteiger partial charge in [0.05, 0.1) is 6.07 Å². The Morgan fingerprint density at radius 1 is 1.33 bits per heavy atom. The Morgan fingerprint density at radius 3 is 2.79 bits per heavy atom. The van der Waals surface area contributed by atoms with Gasteiger partial charge in [-0.1, -0.05) is 18.2 Å². The van der Waals surface area contributed by atoms with Crippen LogP contribution in [0.25, 0.3) is 0 Å². The van der Waals surface area contributed by atoms with Crippen LogP contribution >= 0.6 is 0 Å². The molecule has 24 heavy (non-hydrogen) atoms. The van der Waals surface area contributed by atoms with Crippen LogP contribution in [0.1, 0.15) is 38.2 Å². The lowest BCUT2D eigenvalue weighted by Crippen LogP contribution is -2.47. The molecule has 2 heterocycles. The molecule has 2 amide bonds. The molecule has 5 nitrogen and oxygen atoms in total. The average molecular weight is 326 g/mol. The fraction of sp³-hybridized carbons (Fsp3) is 0.579. The predicted molar refractivity (Wildman–Crippen MR) is 95.1 cm³/mol. The topological polar surface area (TPSA) is 59.4 Å². The second-order valence-electron chi connectivity index (χ2n) is 6.82. The van der Waals surface area contributed by atoms with Crippen LogP contribution in [0.4, 0.5) is 10.5 Å². The van der Waals surface area contributed by atoms with Crippen molar-refractivity contribution in [3.8, 4) is 6.07 Å². The summed E-state index contributed by atoms with van der Waals surface area (Å²) in [7, 11) is 0. The number of anilines is 1. The van der Waals surface area contributed by atoms with E-state index in [0.29, 0.717) is 13.0 Å². The summed E-state index contributed by atoms with van der Waals surface area (Å²) in [5.41, 5.74) is 2.49. The maximum absolute atomic E-state index is 12.4. The number of amides is 2. The van der Waals surface area contributed by atoms with E-state index in [9.17, 15) is 4.79 Å². The van der Waals surface area contributed by atoms with Gasteiger partial charge in [0, 0.05) is 30.6 Å². The van der Waals surface area contributed by atoms with Gasteiger partial charge in [-0.2, -0.15) is 5.26 Å². The molecule has 3 rings (SSSR count). The van der Waals surface area contributed by atoms with Crippen LogP contribution in [-0.4, -0.2) is 43.7 Å². The molecule has 0 atom stereocenters. The molecule has 0 saturated carbocycles. The number of urea groups is 1. The minimum atomic E-state index is 0.0123. The maximum atomic E-state index is 12.4. The zero-order valence-corrected chi connectivity index (χ0v) is 14.4. The lowest BCUT2D eigenvalue weighted by molar-refractivity contribution is 0.165. The minimum absolute atomic E-state index is 0.0123. The van der Waals surface area contributed by atoms with Gasteiger partial charge in [-0.3, -0.25) is 4.90 Å². The molecule has 1 aromatic rings. The van der Waals surface area contributed by atoms with Gasteiger partial charge in [0.25, 0.3) is 0 Å². The molecule has 5 heteroatoms. The van der Waals surface area contributed by atoms with E-state index in [1.165, 1.54) is 5.56 Å². The van der Waals surface area contributed by atoms with Crippen molar-refractivity contribution in [3.63, 3.8) is 0 Å². The molecule has 2 aliphatic heterocycles. The van der Waals surface area contributed by atoms with Crippen LogP contribution in [0.5, 0.6) is 0 Å². The van der Waals surface area contributed by atoms with Crippen LogP contribution in [0.2, 0.25) is 0 Å². The number of para-hydroxylation sites is 1. The Bertz CT molecular complexity index is 628. The van der Waals surface area contributed by atoms with Crippen molar-refractivity contribution in [3.05, 3.63) is 29.8 Å². The van der Waals surface area contributed by atoms with E-state index in [1.54, 1.807) is 0 Å². The van der Waals surface area contributed by atoms with E-state index < -0.39 is 0 Å². The quantitative estimate of drug-likeness (QED) is 0.866. The van der Waals surface area contributed by atoms with E-state index in [4.69, 9.17) is 5.26 Å². The van der Waals surface area contributed by atoms with Crippen molar-refractivity contribution in [2.75, 3.05) is 37.6 Å². The molecular weight excluding hydrogens is 300 g/mol. The highest BCUT2D eigenvalue weighted by Gasteiger charge is 2.45. The first-order chi connectivity index (χ1) is 11.7. The van der Waals surface area contributed by atoms with E-state index in [-0.39, 0.29) is 11.4 Å². The highest BCUT2D eigenvalue weighted by Crippen LogP contribution is 2.46. The molecular formula is C19H26N4O. The molecule has 1 spiro atoms. The molecule has 1 fully saturated rings. The van der Waals surface area contributed by atoms with E-state index in [0.717, 1.165) is 51.1 Å². The highest BCUT2D eigenvalue weighted by molar-refractivity contribution is 5.95. The van der Waals surface area contributed by atoms with Gasteiger partial charge < -0.3 is 10.2 Å². The van der Waals surface area contributed by atoms with Gasteiger partial charge >= 0.3 is 6.03 Å². The average Bonchev–Trinajstić information content (AvgIpc) is 2.92. The zero-order chi connectivity index (χ0) is 17.0. The molecule has 0 radical (unpaired) electrons. The third kappa shape index (κ3) is 3.11. The second-order valence-corrected chi connectivity index (χ2v) is 6.82. The lowest BCUT2D eigenvalue weighted by atomic mass is 9.74. The zero-order valence-electron chi connectivity index (χ0n) is 14.4. The first-order valence-corrected chi connectivity index (χ1v) is 8.94. The summed E-state index contributed by atoms with van der Waals surface area (Å²) in [6.45, 7) is 6.48. The number of carbonyl (C=O) groups excluding carboxylic acids is 1. The Kier molecular flexibility index (Phi) is 5.06. The number of piperidine rings is 1. The predicted octanol–water partition coefficient (Wildman–Crippen LogP) is 2.87. The number of unbranched alkanes of at least 4 members (excludes halogenated alkanes) is 1. The Balaban J connectivity index is 1.73. The molecule has 0 aromatic heterocycles. The summed E-state index contributed by atoms with van der Waals surface area (Å²) in [6, 6.07) is 10.6. The van der Waals surface area contributed by atoms with Crippen molar-refractivity contribution >= 4 is 11.7 Å². The largest absolute Gasteiger partial charge is 0.338 e. The van der Waals surface area contributed by atoms with Crippen molar-refractivity contribution in [2.24, 2.45) is 0 Å². The number of nitrogens with one attached hydrogen (secondary N) is 1. The second kappa shape index (κ2) is 7.23. The summed E-state index contributed by atoms with van der Waals surface area (Å²) in [5.74, 6) is 0. The number of nitrogens with zero attached hydrogens (tertiary/aromatic N) is 3. The number of benzene rings is 1. The van der Waals surface area contributed by atoms with E-state index in [1.807, 2.05) is 17.9 Å². The molecule has 0 aliphatic carbocycles. The smallest absolute Gasteiger partial charge is 0.321 e. The summed E-state index contributed by atoms with van der Waals surface area (Å²) < 4.78 is 0. The van der Waals surface area contributed by atoms with Crippen LogP contribution in [0.15, 0.2) is 24.3 Å². The van der Waals surface area contributed by atoms with Crippen LogP contribution in [-0.2, 0) is 5.41 Å². The summed E-state index contributed by atoms with van der Waals surface area (Å²) in [6.07, 6.45) is 3.74. The van der Waals surface area contributed by atoms with Crippen molar-refractivity contribution < 1.29 is 4.79 Å². The van der Waals surface area contributed by atoms with Gasteiger partial charge in [0.2, 0.25) is 0 Å². The number of rotatable bonds is 4. The Morgan fingerprint density at radius 2 is 2.08 bits per heavy atom. The van der Waals surface area contributed by atoms with Gasteiger partial charge in [0.1, 0.15) is 0 Å². The number of carbonyl (C=O) groups is 1. The molecule has 2 aliphatic rings.